The van der Waals surface area contributed by atoms with Crippen molar-refractivity contribution >= 4 is 33.1 Å². The number of amides is 1. The molecule has 1 heterocycles. The average molecular weight is 403 g/mol. The van der Waals surface area contributed by atoms with Crippen molar-refractivity contribution in [2.24, 2.45) is 5.92 Å². The van der Waals surface area contributed by atoms with Crippen LogP contribution in [0.4, 0.5) is 5.69 Å². The Morgan fingerprint density at radius 3 is 2.48 bits per heavy atom. The molecular weight excluding hydrogens is 380 g/mol. The number of anilines is 1. The van der Waals surface area contributed by atoms with E-state index in [0.717, 1.165) is 32.2 Å². The molecule has 146 valence electrons. The summed E-state index contributed by atoms with van der Waals surface area (Å²) in [7, 11) is 0. The highest BCUT2D eigenvalue weighted by molar-refractivity contribution is 7.21. The first-order valence-electron chi connectivity index (χ1n) is 9.59. The second kappa shape index (κ2) is 8.45. The van der Waals surface area contributed by atoms with Gasteiger partial charge in [-0.15, -0.1) is 11.3 Å². The molecule has 1 amide bonds. The molecule has 0 aliphatic carbocycles. The highest BCUT2D eigenvalue weighted by Crippen LogP contribution is 2.34. The lowest BCUT2D eigenvalue weighted by Crippen LogP contribution is -2.12. The highest BCUT2D eigenvalue weighted by atomic mass is 32.1. The van der Waals surface area contributed by atoms with Crippen molar-refractivity contribution in [3.05, 3.63) is 78.4 Å². The van der Waals surface area contributed by atoms with Gasteiger partial charge in [0.2, 0.25) is 0 Å². The van der Waals surface area contributed by atoms with Crippen LogP contribution in [0.5, 0.6) is 5.75 Å². The molecule has 0 fully saturated rings. The monoisotopic (exact) mass is 402 g/mol. The summed E-state index contributed by atoms with van der Waals surface area (Å²) >= 11 is 1.62. The van der Waals surface area contributed by atoms with Gasteiger partial charge in [0.25, 0.3) is 5.91 Å². The average Bonchev–Trinajstić information content (AvgIpc) is 3.17. The zero-order chi connectivity index (χ0) is 20.2. The van der Waals surface area contributed by atoms with Crippen LogP contribution in [0.2, 0.25) is 0 Å². The van der Waals surface area contributed by atoms with E-state index in [4.69, 9.17) is 9.72 Å². The number of aromatic nitrogens is 1. The Morgan fingerprint density at radius 2 is 1.72 bits per heavy atom. The van der Waals surface area contributed by atoms with Gasteiger partial charge in [0.1, 0.15) is 10.8 Å². The first-order valence-corrected chi connectivity index (χ1v) is 10.4. The third-order valence-corrected chi connectivity index (χ3v) is 5.47. The van der Waals surface area contributed by atoms with Gasteiger partial charge in [-0.2, -0.15) is 0 Å². The van der Waals surface area contributed by atoms with Crippen LogP contribution in [0.25, 0.3) is 20.8 Å². The summed E-state index contributed by atoms with van der Waals surface area (Å²) in [5.74, 6) is 1.07. The van der Waals surface area contributed by atoms with Gasteiger partial charge in [0, 0.05) is 11.1 Å². The standard InChI is InChI=1S/C24H22N2O2S/c1-16(2)15-28-18-13-11-17(12-14-18)23(27)25-20-8-4-3-7-19(20)24-26-21-9-5-6-10-22(21)29-24/h3-14,16H,15H2,1-2H3,(H,25,27). The fourth-order valence-electron chi connectivity index (χ4n) is 2.93. The zero-order valence-electron chi connectivity index (χ0n) is 16.4. The largest absolute Gasteiger partial charge is 0.493 e. The lowest BCUT2D eigenvalue weighted by molar-refractivity contribution is 0.102. The van der Waals surface area contributed by atoms with Gasteiger partial charge >= 0.3 is 0 Å². The number of carbonyl (C=O) groups is 1. The predicted molar refractivity (Wildman–Crippen MR) is 120 cm³/mol. The minimum absolute atomic E-state index is 0.158. The minimum Gasteiger partial charge on any atom is -0.493 e. The van der Waals surface area contributed by atoms with Gasteiger partial charge in [0.15, 0.2) is 0 Å². The zero-order valence-corrected chi connectivity index (χ0v) is 17.2. The van der Waals surface area contributed by atoms with Crippen molar-refractivity contribution in [2.45, 2.75) is 13.8 Å². The van der Waals surface area contributed by atoms with Crippen molar-refractivity contribution < 1.29 is 9.53 Å². The van der Waals surface area contributed by atoms with Crippen LogP contribution >= 0.6 is 11.3 Å². The van der Waals surface area contributed by atoms with E-state index in [0.29, 0.717) is 18.1 Å². The molecule has 0 radical (unpaired) electrons. The Hall–Kier alpha value is -3.18. The molecule has 4 aromatic rings. The summed E-state index contributed by atoms with van der Waals surface area (Å²) in [4.78, 5) is 17.5. The number of hydrogen-bond acceptors (Lipinski definition) is 4. The van der Waals surface area contributed by atoms with Crippen molar-refractivity contribution in [3.8, 4) is 16.3 Å². The molecule has 0 bridgehead atoms. The van der Waals surface area contributed by atoms with E-state index < -0.39 is 0 Å². The van der Waals surface area contributed by atoms with E-state index in [1.165, 1.54) is 0 Å². The summed E-state index contributed by atoms with van der Waals surface area (Å²) in [5.41, 5.74) is 3.21. The number of para-hydroxylation sites is 2. The van der Waals surface area contributed by atoms with Crippen molar-refractivity contribution in [1.29, 1.82) is 0 Å². The molecular formula is C24H22N2O2S. The van der Waals surface area contributed by atoms with Gasteiger partial charge < -0.3 is 10.1 Å². The first-order chi connectivity index (χ1) is 14.1. The Bertz CT molecular complexity index is 1100. The molecule has 1 N–H and O–H groups in total. The predicted octanol–water partition coefficient (Wildman–Crippen LogP) is 6.25. The molecule has 4 nitrogen and oxygen atoms in total. The highest BCUT2D eigenvalue weighted by Gasteiger charge is 2.13. The lowest BCUT2D eigenvalue weighted by atomic mass is 10.1. The molecule has 3 aromatic carbocycles. The van der Waals surface area contributed by atoms with E-state index in [1.807, 2.05) is 54.6 Å². The second-order valence-corrected chi connectivity index (χ2v) is 8.25. The van der Waals surface area contributed by atoms with Crippen LogP contribution in [0.1, 0.15) is 24.2 Å². The van der Waals surface area contributed by atoms with E-state index in [-0.39, 0.29) is 5.91 Å². The van der Waals surface area contributed by atoms with Crippen LogP contribution in [0.3, 0.4) is 0 Å². The fraction of sp³-hybridized carbons (Fsp3) is 0.167. The smallest absolute Gasteiger partial charge is 0.255 e. The number of fused-ring (bicyclic) bond motifs is 1. The summed E-state index contributed by atoms with van der Waals surface area (Å²) in [6.45, 7) is 4.86. The number of nitrogens with one attached hydrogen (secondary N) is 1. The van der Waals surface area contributed by atoms with Crippen LogP contribution in [-0.2, 0) is 0 Å². The van der Waals surface area contributed by atoms with Crippen LogP contribution in [0, 0.1) is 5.92 Å². The lowest BCUT2D eigenvalue weighted by Gasteiger charge is -2.11. The summed E-state index contributed by atoms with van der Waals surface area (Å²) in [6, 6.07) is 23.0. The molecule has 0 aliphatic rings. The second-order valence-electron chi connectivity index (χ2n) is 7.22. The Labute approximate surface area is 174 Å². The fourth-order valence-corrected chi connectivity index (χ4v) is 3.93. The van der Waals surface area contributed by atoms with Crippen LogP contribution in [-0.4, -0.2) is 17.5 Å². The van der Waals surface area contributed by atoms with E-state index in [2.05, 4.69) is 25.2 Å². The molecule has 29 heavy (non-hydrogen) atoms. The maximum absolute atomic E-state index is 12.8. The van der Waals surface area contributed by atoms with Gasteiger partial charge in [-0.25, -0.2) is 4.98 Å². The number of ether oxygens (including phenoxy) is 1. The number of thiazole rings is 1. The minimum atomic E-state index is -0.158. The molecule has 0 aliphatic heterocycles. The molecule has 5 heteroatoms. The van der Waals surface area contributed by atoms with Gasteiger partial charge in [-0.3, -0.25) is 4.79 Å². The maximum atomic E-state index is 12.8. The number of hydrogen-bond donors (Lipinski definition) is 1. The maximum Gasteiger partial charge on any atom is 0.255 e. The molecule has 0 atom stereocenters. The summed E-state index contributed by atoms with van der Waals surface area (Å²) < 4.78 is 6.81. The summed E-state index contributed by atoms with van der Waals surface area (Å²) in [6.07, 6.45) is 0. The summed E-state index contributed by atoms with van der Waals surface area (Å²) in [5, 5.41) is 3.91. The van der Waals surface area contributed by atoms with Crippen LogP contribution in [0.15, 0.2) is 72.8 Å². The molecule has 0 unspecified atom stereocenters. The molecule has 1 aromatic heterocycles. The van der Waals surface area contributed by atoms with Crippen molar-refractivity contribution in [3.63, 3.8) is 0 Å². The number of carbonyl (C=O) groups excluding carboxylic acids is 1. The van der Waals surface area contributed by atoms with E-state index in [1.54, 1.807) is 23.5 Å². The molecule has 0 spiro atoms. The molecule has 0 saturated carbocycles. The SMILES string of the molecule is CC(C)COc1ccc(C(=O)Nc2ccccc2-c2nc3ccccc3s2)cc1. The van der Waals surface area contributed by atoms with Crippen molar-refractivity contribution in [2.75, 3.05) is 11.9 Å². The van der Waals surface area contributed by atoms with Gasteiger partial charge in [-0.05, 0) is 54.4 Å². The third kappa shape index (κ3) is 4.46. The van der Waals surface area contributed by atoms with Crippen LogP contribution < -0.4 is 10.1 Å². The quantitative estimate of drug-likeness (QED) is 0.415. The normalized spacial score (nSPS) is 11.0. The number of rotatable bonds is 6. The van der Waals surface area contributed by atoms with E-state index in [9.17, 15) is 4.79 Å². The third-order valence-electron chi connectivity index (χ3n) is 4.40. The van der Waals surface area contributed by atoms with E-state index >= 15 is 0 Å². The topological polar surface area (TPSA) is 51.2 Å². The Morgan fingerprint density at radius 1 is 1.00 bits per heavy atom. The Kier molecular flexibility index (Phi) is 5.58. The molecule has 4 rings (SSSR count). The number of benzene rings is 3. The van der Waals surface area contributed by atoms with Crippen molar-refractivity contribution in [1.82, 2.24) is 4.98 Å². The van der Waals surface area contributed by atoms with Gasteiger partial charge in [0.05, 0.1) is 22.5 Å². The van der Waals surface area contributed by atoms with Gasteiger partial charge in [-0.1, -0.05) is 38.1 Å². The number of nitrogens with zero attached hydrogens (tertiary/aromatic N) is 1. The Balaban J connectivity index is 1.54. The molecule has 0 saturated heterocycles. The first kappa shape index (κ1) is 19.2.